The maximum Gasteiger partial charge on any atom is 0.416 e. The van der Waals surface area contributed by atoms with E-state index in [1.54, 1.807) is 16.8 Å². The minimum atomic E-state index is -4.39. The molecule has 1 atom stereocenters. The number of nitrogens with zero attached hydrogens (tertiary/aromatic N) is 2. The molecule has 3 heterocycles. The highest BCUT2D eigenvalue weighted by atomic mass is 19.4. The summed E-state index contributed by atoms with van der Waals surface area (Å²) in [5.74, 6) is -1.19. The predicted octanol–water partition coefficient (Wildman–Crippen LogP) is 4.45. The highest BCUT2D eigenvalue weighted by Gasteiger charge is 2.30. The molecule has 0 aliphatic carbocycles. The second kappa shape index (κ2) is 9.95. The number of carbonyl (C=O) groups excluding carboxylic acids is 2. The number of pyridine rings is 1. The van der Waals surface area contributed by atoms with Gasteiger partial charge in [-0.2, -0.15) is 13.2 Å². The van der Waals surface area contributed by atoms with Gasteiger partial charge in [-0.25, -0.2) is 9.78 Å². The lowest BCUT2D eigenvalue weighted by Gasteiger charge is -2.11. The van der Waals surface area contributed by atoms with Crippen molar-refractivity contribution < 1.29 is 32.2 Å². The molecule has 35 heavy (non-hydrogen) atoms. The van der Waals surface area contributed by atoms with Gasteiger partial charge in [0.2, 0.25) is 5.91 Å². The summed E-state index contributed by atoms with van der Waals surface area (Å²) in [6, 6.07) is 6.61. The van der Waals surface area contributed by atoms with Crippen molar-refractivity contribution >= 4 is 34.3 Å². The zero-order valence-electron chi connectivity index (χ0n) is 19.2. The van der Waals surface area contributed by atoms with Crippen molar-refractivity contribution in [2.24, 2.45) is 5.92 Å². The van der Waals surface area contributed by atoms with Crippen molar-refractivity contribution in [3.63, 3.8) is 0 Å². The number of amides is 1. The highest BCUT2D eigenvalue weighted by Crippen LogP contribution is 2.34. The smallest absolute Gasteiger partial charge is 0.416 e. The van der Waals surface area contributed by atoms with Crippen LogP contribution < -0.4 is 10.6 Å². The normalized spacial score (nSPS) is 15.9. The Morgan fingerprint density at radius 1 is 1.26 bits per heavy atom. The standard InChI is InChI=1S/C24H25F3N4O4/c1-3-31-20(23(33)34-2)19(30-22(32)15-8-9-35-13-15)18-10-17(12-29-21(18)31)28-11-14-4-6-16(7-5-14)24(25,26)27/h4-7,10,12,15,28H,3,8-9,11,13H2,1-2H3,(H,30,32). The van der Waals surface area contributed by atoms with Gasteiger partial charge in [0.25, 0.3) is 0 Å². The summed E-state index contributed by atoms with van der Waals surface area (Å²) < 4.78 is 50.3. The fourth-order valence-electron chi connectivity index (χ4n) is 4.05. The molecule has 2 aromatic heterocycles. The number of hydrogen-bond donors (Lipinski definition) is 2. The summed E-state index contributed by atoms with van der Waals surface area (Å²) in [5, 5.41) is 6.55. The first kappa shape index (κ1) is 24.5. The second-order valence-corrected chi connectivity index (χ2v) is 8.15. The third-order valence-electron chi connectivity index (χ3n) is 5.92. The predicted molar refractivity (Wildman–Crippen MR) is 123 cm³/mol. The Labute approximate surface area is 199 Å². The molecular weight excluding hydrogens is 465 g/mol. The van der Waals surface area contributed by atoms with Gasteiger partial charge in [-0.3, -0.25) is 4.79 Å². The molecule has 0 radical (unpaired) electrons. The lowest BCUT2D eigenvalue weighted by atomic mass is 10.1. The Morgan fingerprint density at radius 3 is 2.60 bits per heavy atom. The van der Waals surface area contributed by atoms with Gasteiger partial charge in [-0.15, -0.1) is 0 Å². The van der Waals surface area contributed by atoms with E-state index < -0.39 is 17.7 Å². The molecule has 1 saturated heterocycles. The van der Waals surface area contributed by atoms with Gasteiger partial charge >= 0.3 is 12.1 Å². The van der Waals surface area contributed by atoms with E-state index in [1.165, 1.54) is 19.2 Å². The number of esters is 1. The molecule has 1 aliphatic rings. The number of fused-ring (bicyclic) bond motifs is 1. The quantitative estimate of drug-likeness (QED) is 0.476. The first-order valence-corrected chi connectivity index (χ1v) is 11.1. The number of halogens is 3. The minimum Gasteiger partial charge on any atom is -0.464 e. The number of carbonyl (C=O) groups is 2. The van der Waals surface area contributed by atoms with E-state index in [2.05, 4.69) is 15.6 Å². The summed E-state index contributed by atoms with van der Waals surface area (Å²) in [6.45, 7) is 3.32. The largest absolute Gasteiger partial charge is 0.464 e. The van der Waals surface area contributed by atoms with Crippen LogP contribution in [0.3, 0.4) is 0 Å². The van der Waals surface area contributed by atoms with Gasteiger partial charge in [0.15, 0.2) is 5.69 Å². The lowest BCUT2D eigenvalue weighted by molar-refractivity contribution is -0.137. The van der Waals surface area contributed by atoms with Crippen LogP contribution in [0.4, 0.5) is 24.5 Å². The number of rotatable bonds is 7. The van der Waals surface area contributed by atoms with Gasteiger partial charge in [-0.05, 0) is 37.1 Å². The SMILES string of the molecule is CCn1c(C(=O)OC)c(NC(=O)C2CCOC2)c2cc(NCc3ccc(C(F)(F)F)cc3)cnc21. The van der Waals surface area contributed by atoms with Crippen LogP contribution in [0.1, 0.15) is 35.0 Å². The Bertz CT molecular complexity index is 1230. The van der Waals surface area contributed by atoms with Crippen molar-refractivity contribution in [3.8, 4) is 0 Å². The Kier molecular flexibility index (Phi) is 6.97. The molecular formula is C24H25F3N4O4. The highest BCUT2D eigenvalue weighted by molar-refractivity contribution is 6.11. The summed E-state index contributed by atoms with van der Waals surface area (Å²) in [7, 11) is 1.26. The number of alkyl halides is 3. The average Bonchev–Trinajstić information content (AvgIpc) is 3.49. The number of aromatic nitrogens is 2. The molecule has 0 saturated carbocycles. The Balaban J connectivity index is 1.65. The number of hydrogen-bond acceptors (Lipinski definition) is 6. The number of nitrogens with one attached hydrogen (secondary N) is 2. The molecule has 1 fully saturated rings. The van der Waals surface area contributed by atoms with E-state index in [0.29, 0.717) is 54.2 Å². The molecule has 2 N–H and O–H groups in total. The van der Waals surface area contributed by atoms with E-state index in [-0.39, 0.29) is 24.1 Å². The van der Waals surface area contributed by atoms with Crippen LogP contribution in [0.15, 0.2) is 36.5 Å². The van der Waals surface area contributed by atoms with Gasteiger partial charge in [0, 0.05) is 25.1 Å². The molecule has 8 nitrogen and oxygen atoms in total. The van der Waals surface area contributed by atoms with Crippen LogP contribution in [-0.4, -0.2) is 41.8 Å². The van der Waals surface area contributed by atoms with Crippen molar-refractivity contribution in [1.82, 2.24) is 9.55 Å². The molecule has 3 aromatic rings. The summed E-state index contributed by atoms with van der Waals surface area (Å²) in [6.07, 6.45) is -2.24. The number of ether oxygens (including phenoxy) is 2. The first-order chi connectivity index (χ1) is 16.7. The average molecular weight is 490 g/mol. The van der Waals surface area contributed by atoms with Crippen LogP contribution in [-0.2, 0) is 33.5 Å². The van der Waals surface area contributed by atoms with Crippen LogP contribution >= 0.6 is 0 Å². The number of aryl methyl sites for hydroxylation is 1. The molecule has 4 rings (SSSR count). The molecule has 1 amide bonds. The third kappa shape index (κ3) is 5.09. The molecule has 0 bridgehead atoms. The molecule has 11 heteroatoms. The monoisotopic (exact) mass is 490 g/mol. The minimum absolute atomic E-state index is 0.185. The number of anilines is 2. The van der Waals surface area contributed by atoms with E-state index in [4.69, 9.17) is 9.47 Å². The molecule has 0 spiro atoms. The van der Waals surface area contributed by atoms with Crippen molar-refractivity contribution in [3.05, 3.63) is 53.3 Å². The Hall–Kier alpha value is -3.60. The Morgan fingerprint density at radius 2 is 2.00 bits per heavy atom. The van der Waals surface area contributed by atoms with Gasteiger partial charge in [0.05, 0.1) is 42.8 Å². The maximum absolute atomic E-state index is 12.8. The molecule has 1 aromatic carbocycles. The zero-order chi connectivity index (χ0) is 25.2. The van der Waals surface area contributed by atoms with Gasteiger partial charge < -0.3 is 24.7 Å². The van der Waals surface area contributed by atoms with Crippen molar-refractivity contribution in [1.29, 1.82) is 0 Å². The van der Waals surface area contributed by atoms with Crippen LogP contribution in [0.2, 0.25) is 0 Å². The topological polar surface area (TPSA) is 94.5 Å². The van der Waals surface area contributed by atoms with E-state index in [1.807, 2.05) is 6.92 Å². The molecule has 1 aliphatic heterocycles. The molecule has 186 valence electrons. The number of methoxy groups -OCH3 is 1. The third-order valence-corrected chi connectivity index (χ3v) is 5.92. The van der Waals surface area contributed by atoms with Crippen molar-refractivity contribution in [2.45, 2.75) is 32.6 Å². The van der Waals surface area contributed by atoms with Gasteiger partial charge in [0.1, 0.15) is 5.65 Å². The van der Waals surface area contributed by atoms with Crippen LogP contribution in [0.5, 0.6) is 0 Å². The zero-order valence-corrected chi connectivity index (χ0v) is 19.2. The number of benzene rings is 1. The first-order valence-electron chi connectivity index (χ1n) is 11.1. The van der Waals surface area contributed by atoms with E-state index in [0.717, 1.165) is 12.1 Å². The lowest BCUT2D eigenvalue weighted by Crippen LogP contribution is -2.24. The fraction of sp³-hybridized carbons (Fsp3) is 0.375. The van der Waals surface area contributed by atoms with Crippen molar-refractivity contribution in [2.75, 3.05) is 31.0 Å². The second-order valence-electron chi connectivity index (χ2n) is 8.15. The van der Waals surface area contributed by atoms with Gasteiger partial charge in [-0.1, -0.05) is 12.1 Å². The maximum atomic E-state index is 12.8. The van der Waals surface area contributed by atoms with Crippen LogP contribution in [0.25, 0.3) is 11.0 Å². The van der Waals surface area contributed by atoms with E-state index >= 15 is 0 Å². The fourth-order valence-corrected chi connectivity index (χ4v) is 4.05. The van der Waals surface area contributed by atoms with Crippen LogP contribution in [0, 0.1) is 5.92 Å². The van der Waals surface area contributed by atoms with E-state index in [9.17, 15) is 22.8 Å². The summed E-state index contributed by atoms with van der Waals surface area (Å²) in [5.41, 5.74) is 1.48. The summed E-state index contributed by atoms with van der Waals surface area (Å²) >= 11 is 0. The summed E-state index contributed by atoms with van der Waals surface area (Å²) in [4.78, 5) is 30.0. The molecule has 1 unspecified atom stereocenters.